The second-order valence-electron chi connectivity index (χ2n) is 7.74. The van der Waals surface area contributed by atoms with Crippen molar-refractivity contribution in [2.75, 3.05) is 11.9 Å². The number of hydrogen-bond donors (Lipinski definition) is 1. The SMILES string of the molecule is CC1(C)OCC(C2O[P+](=O)C(Nc3ccccc3)C3OC(C)(C)OC23)O1. The molecule has 3 aliphatic rings. The first-order chi connectivity index (χ1) is 12.2. The Morgan fingerprint density at radius 3 is 2.31 bits per heavy atom. The molecule has 0 aromatic heterocycles. The molecule has 6 atom stereocenters. The first-order valence-corrected chi connectivity index (χ1v) is 10.1. The molecule has 3 fully saturated rings. The van der Waals surface area contributed by atoms with Crippen molar-refractivity contribution in [3.63, 3.8) is 0 Å². The van der Waals surface area contributed by atoms with E-state index < -0.39 is 43.7 Å². The van der Waals surface area contributed by atoms with Gasteiger partial charge in [-0.25, -0.2) is 0 Å². The van der Waals surface area contributed by atoms with Gasteiger partial charge in [0.25, 0.3) is 5.78 Å². The Morgan fingerprint density at radius 2 is 1.65 bits per heavy atom. The monoisotopic (exact) mass is 382 g/mol. The highest BCUT2D eigenvalue weighted by molar-refractivity contribution is 7.40. The smallest absolute Gasteiger partial charge is 0.348 e. The lowest BCUT2D eigenvalue weighted by molar-refractivity contribution is -0.173. The van der Waals surface area contributed by atoms with E-state index in [4.69, 9.17) is 23.5 Å². The highest BCUT2D eigenvalue weighted by Gasteiger charge is 2.64. The summed E-state index contributed by atoms with van der Waals surface area (Å²) in [6.07, 6.45) is -1.69. The summed E-state index contributed by atoms with van der Waals surface area (Å²) in [5, 5.41) is 3.28. The van der Waals surface area contributed by atoms with Crippen LogP contribution in [0.5, 0.6) is 0 Å². The molecule has 0 saturated carbocycles. The van der Waals surface area contributed by atoms with Crippen LogP contribution in [0, 0.1) is 0 Å². The molecule has 3 aliphatic heterocycles. The Kier molecular flexibility index (Phi) is 4.58. The normalized spacial score (nSPS) is 39.5. The molecule has 0 radical (unpaired) electrons. The summed E-state index contributed by atoms with van der Waals surface area (Å²) in [5.74, 6) is -1.99. The second-order valence-corrected chi connectivity index (χ2v) is 9.08. The summed E-state index contributed by atoms with van der Waals surface area (Å²) >= 11 is 0. The van der Waals surface area contributed by atoms with E-state index in [1.807, 2.05) is 58.0 Å². The lowest BCUT2D eigenvalue weighted by atomic mass is 10.0. The average Bonchev–Trinajstić information content (AvgIpc) is 3.09. The third-order valence-corrected chi connectivity index (χ3v) is 6.06. The first-order valence-electron chi connectivity index (χ1n) is 8.86. The van der Waals surface area contributed by atoms with Crippen LogP contribution in [-0.2, 0) is 28.0 Å². The predicted octanol–water partition coefficient (Wildman–Crippen LogP) is 3.24. The number of benzene rings is 1. The van der Waals surface area contributed by atoms with E-state index in [1.165, 1.54) is 0 Å². The van der Waals surface area contributed by atoms with E-state index in [0.717, 1.165) is 5.69 Å². The van der Waals surface area contributed by atoms with Gasteiger partial charge < -0.3 is 24.3 Å². The summed E-state index contributed by atoms with van der Waals surface area (Å²) in [6.45, 7) is 7.77. The third kappa shape index (κ3) is 3.52. The molecular formula is C18H25NO6P+. The Labute approximate surface area is 154 Å². The average molecular weight is 382 g/mol. The Hall–Kier alpha value is -1.08. The maximum atomic E-state index is 12.9. The minimum Gasteiger partial charge on any atom is -0.348 e. The van der Waals surface area contributed by atoms with Crippen LogP contribution < -0.4 is 5.32 Å². The van der Waals surface area contributed by atoms with Gasteiger partial charge in [-0.15, -0.1) is 4.52 Å². The van der Waals surface area contributed by atoms with Gasteiger partial charge in [0.05, 0.1) is 6.61 Å². The van der Waals surface area contributed by atoms with E-state index in [9.17, 15) is 4.57 Å². The molecule has 26 heavy (non-hydrogen) atoms. The van der Waals surface area contributed by atoms with Crippen LogP contribution in [0.15, 0.2) is 30.3 Å². The fourth-order valence-electron chi connectivity index (χ4n) is 3.68. The number of nitrogens with one attached hydrogen (secondary N) is 1. The van der Waals surface area contributed by atoms with Gasteiger partial charge in [0, 0.05) is 5.69 Å². The molecule has 0 bridgehead atoms. The fraction of sp³-hybridized carbons (Fsp3) is 0.667. The van der Waals surface area contributed by atoms with E-state index in [2.05, 4.69) is 5.32 Å². The van der Waals surface area contributed by atoms with Gasteiger partial charge in [-0.2, -0.15) is 0 Å². The number of rotatable bonds is 3. The van der Waals surface area contributed by atoms with Crippen LogP contribution in [0.4, 0.5) is 5.69 Å². The van der Waals surface area contributed by atoms with E-state index in [0.29, 0.717) is 6.61 Å². The Balaban J connectivity index is 1.58. The number of ether oxygens (including phenoxy) is 4. The molecule has 142 valence electrons. The van der Waals surface area contributed by atoms with Crippen molar-refractivity contribution in [1.82, 2.24) is 0 Å². The zero-order valence-corrected chi connectivity index (χ0v) is 16.3. The van der Waals surface area contributed by atoms with Crippen molar-refractivity contribution in [2.45, 2.75) is 69.5 Å². The van der Waals surface area contributed by atoms with Gasteiger partial charge in [0.1, 0.15) is 12.2 Å². The van der Waals surface area contributed by atoms with Gasteiger partial charge in [0.2, 0.25) is 0 Å². The maximum Gasteiger partial charge on any atom is 0.536 e. The van der Waals surface area contributed by atoms with Gasteiger partial charge in [-0.1, -0.05) is 18.2 Å². The molecular weight excluding hydrogens is 357 g/mol. The van der Waals surface area contributed by atoms with Crippen LogP contribution >= 0.6 is 8.03 Å². The summed E-state index contributed by atoms with van der Waals surface area (Å²) in [6, 6.07) is 9.60. The van der Waals surface area contributed by atoms with Crippen LogP contribution in [-0.4, -0.2) is 48.4 Å². The molecule has 3 saturated heterocycles. The standard InChI is InChI=1S/C18H25NO6P/c1-17(2)21-10-12(22-17)13-14-15(24-18(3,4)23-14)16(26(20)25-13)19-11-8-6-5-7-9-11/h5-9,12-16,19H,10H2,1-4H3/q+1. The first kappa shape index (κ1) is 18.3. The maximum absolute atomic E-state index is 12.9. The number of para-hydroxylation sites is 1. The van der Waals surface area contributed by atoms with Crippen molar-refractivity contribution >= 4 is 13.7 Å². The zero-order chi connectivity index (χ0) is 18.5. The van der Waals surface area contributed by atoms with Crippen molar-refractivity contribution in [3.8, 4) is 0 Å². The largest absolute Gasteiger partial charge is 0.536 e. The number of anilines is 1. The van der Waals surface area contributed by atoms with E-state index in [1.54, 1.807) is 0 Å². The second kappa shape index (κ2) is 6.51. The van der Waals surface area contributed by atoms with E-state index in [-0.39, 0.29) is 6.10 Å². The van der Waals surface area contributed by atoms with Gasteiger partial charge in [-0.3, -0.25) is 0 Å². The topological polar surface area (TPSA) is 75.3 Å². The molecule has 1 aromatic rings. The minimum atomic E-state index is -2.04. The summed E-state index contributed by atoms with van der Waals surface area (Å²) in [5.41, 5.74) is 0.858. The molecule has 1 N–H and O–H groups in total. The highest BCUT2D eigenvalue weighted by atomic mass is 31.1. The number of hydrogen-bond acceptors (Lipinski definition) is 7. The molecule has 3 heterocycles. The molecule has 0 aliphatic carbocycles. The summed E-state index contributed by atoms with van der Waals surface area (Å²) in [7, 11) is -2.04. The molecule has 0 spiro atoms. The van der Waals surface area contributed by atoms with Crippen LogP contribution in [0.3, 0.4) is 0 Å². The van der Waals surface area contributed by atoms with E-state index >= 15 is 0 Å². The van der Waals surface area contributed by atoms with Crippen LogP contribution in [0.25, 0.3) is 0 Å². The molecule has 6 unspecified atom stereocenters. The Bertz CT molecular complexity index is 682. The predicted molar refractivity (Wildman–Crippen MR) is 95.1 cm³/mol. The molecule has 8 heteroatoms. The van der Waals surface area contributed by atoms with Gasteiger partial charge >= 0.3 is 8.03 Å². The lowest BCUT2D eigenvalue weighted by Gasteiger charge is -2.31. The number of fused-ring (bicyclic) bond motifs is 1. The highest BCUT2D eigenvalue weighted by Crippen LogP contribution is 2.50. The molecule has 7 nitrogen and oxygen atoms in total. The van der Waals surface area contributed by atoms with Crippen LogP contribution in [0.1, 0.15) is 27.7 Å². The summed E-state index contributed by atoms with van der Waals surface area (Å²) < 4.78 is 42.6. The van der Waals surface area contributed by atoms with Gasteiger partial charge in [0.15, 0.2) is 23.8 Å². The molecule has 4 rings (SSSR count). The van der Waals surface area contributed by atoms with Crippen molar-refractivity contribution in [1.29, 1.82) is 0 Å². The van der Waals surface area contributed by atoms with Crippen molar-refractivity contribution in [2.24, 2.45) is 0 Å². The minimum absolute atomic E-state index is 0.355. The molecule has 0 amide bonds. The summed E-state index contributed by atoms with van der Waals surface area (Å²) in [4.78, 5) is 0. The fourth-order valence-corrected chi connectivity index (χ4v) is 5.03. The zero-order valence-electron chi connectivity index (χ0n) is 15.4. The van der Waals surface area contributed by atoms with Crippen molar-refractivity contribution < 1.29 is 28.0 Å². The quantitative estimate of drug-likeness (QED) is 0.805. The van der Waals surface area contributed by atoms with Crippen LogP contribution in [0.2, 0.25) is 0 Å². The lowest BCUT2D eigenvalue weighted by Crippen LogP contribution is -2.53. The molecule has 1 aromatic carbocycles. The third-order valence-electron chi connectivity index (χ3n) is 4.74. The van der Waals surface area contributed by atoms with Gasteiger partial charge in [-0.05, 0) is 44.4 Å². The van der Waals surface area contributed by atoms with Crippen molar-refractivity contribution in [3.05, 3.63) is 30.3 Å². The Morgan fingerprint density at radius 1 is 0.962 bits per heavy atom.